The standard InChI is InChI=1S/C12H23BN2/c1-5-9-13-12-14-10(6-2)11(7-3)15(12)8-4/h13H,5-9H2,1-4H3. The molecule has 15 heavy (non-hydrogen) atoms. The highest BCUT2D eigenvalue weighted by atomic mass is 15.1. The van der Waals surface area contributed by atoms with Crippen LogP contribution >= 0.6 is 0 Å². The highest BCUT2D eigenvalue weighted by Gasteiger charge is 2.12. The van der Waals surface area contributed by atoms with E-state index in [2.05, 4.69) is 32.3 Å². The number of imidazole rings is 1. The van der Waals surface area contributed by atoms with Gasteiger partial charge >= 0.3 is 0 Å². The normalized spacial score (nSPS) is 10.7. The molecular formula is C12H23BN2. The Morgan fingerprint density at radius 2 is 1.87 bits per heavy atom. The lowest BCUT2D eigenvalue weighted by molar-refractivity contribution is 0.730. The van der Waals surface area contributed by atoms with Crippen LogP contribution in [0.25, 0.3) is 0 Å². The average molecular weight is 206 g/mol. The van der Waals surface area contributed by atoms with Gasteiger partial charge < -0.3 is 4.57 Å². The van der Waals surface area contributed by atoms with E-state index in [4.69, 9.17) is 4.98 Å². The van der Waals surface area contributed by atoms with E-state index in [1.807, 2.05) is 0 Å². The maximum Gasteiger partial charge on any atom is 0.204 e. The number of hydrogen-bond acceptors (Lipinski definition) is 1. The van der Waals surface area contributed by atoms with Gasteiger partial charge in [0.1, 0.15) is 0 Å². The summed E-state index contributed by atoms with van der Waals surface area (Å²) in [5.41, 5.74) is 4.06. The second-order valence-electron chi connectivity index (χ2n) is 3.98. The summed E-state index contributed by atoms with van der Waals surface area (Å²) < 4.78 is 2.41. The summed E-state index contributed by atoms with van der Waals surface area (Å²) in [6.07, 6.45) is 4.67. The summed E-state index contributed by atoms with van der Waals surface area (Å²) >= 11 is 0. The van der Waals surface area contributed by atoms with Gasteiger partial charge in [-0.05, 0) is 19.8 Å². The molecule has 0 fully saturated rings. The second-order valence-corrected chi connectivity index (χ2v) is 3.98. The zero-order valence-corrected chi connectivity index (χ0v) is 10.6. The third-order valence-corrected chi connectivity index (χ3v) is 2.97. The van der Waals surface area contributed by atoms with Gasteiger partial charge in [0.2, 0.25) is 7.28 Å². The van der Waals surface area contributed by atoms with Crippen molar-refractivity contribution >= 4 is 13.0 Å². The molecule has 1 aromatic heterocycles. The molecule has 0 saturated heterocycles. The van der Waals surface area contributed by atoms with Crippen LogP contribution in [0.4, 0.5) is 0 Å². The van der Waals surface area contributed by atoms with Crippen LogP contribution in [0.2, 0.25) is 6.32 Å². The summed E-state index contributed by atoms with van der Waals surface area (Å²) in [6.45, 7) is 9.95. The molecule has 0 spiro atoms. The van der Waals surface area contributed by atoms with Crippen LogP contribution in [-0.4, -0.2) is 16.8 Å². The van der Waals surface area contributed by atoms with Gasteiger partial charge in [0.25, 0.3) is 0 Å². The lowest BCUT2D eigenvalue weighted by atomic mass is 9.72. The first-order valence-electron chi connectivity index (χ1n) is 6.35. The molecule has 0 amide bonds. The Bertz CT molecular complexity index is 305. The molecule has 0 unspecified atom stereocenters. The SMILES string of the molecule is CCCBc1nc(CC)c(CC)n1CC. The Hall–Kier alpha value is -0.725. The predicted molar refractivity (Wildman–Crippen MR) is 68.5 cm³/mol. The molecule has 0 atom stereocenters. The Morgan fingerprint density at radius 1 is 1.13 bits per heavy atom. The fourth-order valence-corrected chi connectivity index (χ4v) is 2.17. The monoisotopic (exact) mass is 206 g/mol. The van der Waals surface area contributed by atoms with E-state index in [0.29, 0.717) is 0 Å². The maximum atomic E-state index is 4.77. The molecule has 0 saturated carbocycles. The number of hydrogen-bond donors (Lipinski definition) is 0. The molecule has 0 aliphatic carbocycles. The van der Waals surface area contributed by atoms with Crippen molar-refractivity contribution in [2.24, 2.45) is 0 Å². The van der Waals surface area contributed by atoms with Crippen LogP contribution in [0.1, 0.15) is 45.5 Å². The fourth-order valence-electron chi connectivity index (χ4n) is 2.17. The van der Waals surface area contributed by atoms with Gasteiger partial charge in [-0.2, -0.15) is 0 Å². The molecule has 0 N–H and O–H groups in total. The molecule has 0 aliphatic heterocycles. The van der Waals surface area contributed by atoms with Crippen LogP contribution in [0.3, 0.4) is 0 Å². The second kappa shape index (κ2) is 5.99. The van der Waals surface area contributed by atoms with Crippen LogP contribution in [0.5, 0.6) is 0 Å². The maximum absolute atomic E-state index is 4.77. The van der Waals surface area contributed by atoms with E-state index in [1.165, 1.54) is 29.9 Å². The number of nitrogens with zero attached hydrogens (tertiary/aromatic N) is 2. The van der Waals surface area contributed by atoms with E-state index in [0.717, 1.165) is 26.7 Å². The first-order valence-corrected chi connectivity index (χ1v) is 6.35. The molecule has 84 valence electrons. The zero-order valence-electron chi connectivity index (χ0n) is 10.6. The molecule has 1 heterocycles. The van der Waals surface area contributed by atoms with Crippen molar-refractivity contribution < 1.29 is 0 Å². The van der Waals surface area contributed by atoms with Crippen molar-refractivity contribution in [3.63, 3.8) is 0 Å². The van der Waals surface area contributed by atoms with E-state index in [9.17, 15) is 0 Å². The molecule has 1 aromatic rings. The Balaban J connectivity index is 2.98. The van der Waals surface area contributed by atoms with Crippen molar-refractivity contribution in [1.82, 2.24) is 9.55 Å². The molecule has 0 bridgehead atoms. The molecule has 2 nitrogen and oxygen atoms in total. The quantitative estimate of drug-likeness (QED) is 0.650. The Morgan fingerprint density at radius 3 is 2.33 bits per heavy atom. The highest BCUT2D eigenvalue weighted by Crippen LogP contribution is 2.08. The van der Waals surface area contributed by atoms with Crippen LogP contribution < -0.4 is 5.72 Å². The number of aromatic nitrogens is 2. The van der Waals surface area contributed by atoms with Crippen molar-refractivity contribution in [3.05, 3.63) is 11.4 Å². The van der Waals surface area contributed by atoms with Crippen molar-refractivity contribution in [2.45, 2.75) is 59.8 Å². The van der Waals surface area contributed by atoms with Gasteiger partial charge in [0, 0.05) is 12.2 Å². The lowest BCUT2D eigenvalue weighted by Crippen LogP contribution is -2.26. The van der Waals surface area contributed by atoms with E-state index in [1.54, 1.807) is 0 Å². The van der Waals surface area contributed by atoms with Crippen molar-refractivity contribution in [1.29, 1.82) is 0 Å². The number of aryl methyl sites for hydroxylation is 1. The summed E-state index contributed by atoms with van der Waals surface area (Å²) in [5.74, 6) is 0. The van der Waals surface area contributed by atoms with Gasteiger partial charge in [-0.1, -0.05) is 33.5 Å². The molecule has 1 rings (SSSR count). The molecule has 0 radical (unpaired) electrons. The zero-order chi connectivity index (χ0) is 11.3. The van der Waals surface area contributed by atoms with Crippen molar-refractivity contribution in [3.8, 4) is 0 Å². The minimum Gasteiger partial charge on any atom is -0.340 e. The lowest BCUT2D eigenvalue weighted by Gasteiger charge is -2.07. The predicted octanol–water partition coefficient (Wildman–Crippen LogP) is 1.92. The summed E-state index contributed by atoms with van der Waals surface area (Å²) in [4.78, 5) is 4.77. The van der Waals surface area contributed by atoms with Gasteiger partial charge in [-0.25, -0.2) is 4.98 Å². The minimum atomic E-state index is 1.06. The Labute approximate surface area is 94.3 Å². The molecule has 0 aromatic carbocycles. The number of rotatable bonds is 6. The van der Waals surface area contributed by atoms with Gasteiger partial charge in [-0.3, -0.25) is 0 Å². The minimum absolute atomic E-state index is 1.06. The average Bonchev–Trinajstić information content (AvgIpc) is 2.62. The van der Waals surface area contributed by atoms with E-state index in [-0.39, 0.29) is 0 Å². The molecular weight excluding hydrogens is 183 g/mol. The first kappa shape index (κ1) is 12.3. The smallest absolute Gasteiger partial charge is 0.204 e. The van der Waals surface area contributed by atoms with E-state index < -0.39 is 0 Å². The third kappa shape index (κ3) is 2.64. The molecule has 0 aliphatic rings. The largest absolute Gasteiger partial charge is 0.340 e. The van der Waals surface area contributed by atoms with Gasteiger partial charge in [0.15, 0.2) is 0 Å². The third-order valence-electron chi connectivity index (χ3n) is 2.97. The van der Waals surface area contributed by atoms with Crippen LogP contribution in [0, 0.1) is 0 Å². The molecule has 3 heteroatoms. The summed E-state index contributed by atoms with van der Waals surface area (Å²) in [6, 6.07) is 0. The van der Waals surface area contributed by atoms with Crippen LogP contribution in [0.15, 0.2) is 0 Å². The summed E-state index contributed by atoms with van der Waals surface area (Å²) in [5, 5.41) is 0. The first-order chi connectivity index (χ1) is 7.28. The van der Waals surface area contributed by atoms with Gasteiger partial charge in [0.05, 0.1) is 11.4 Å². The fraction of sp³-hybridized carbons (Fsp3) is 0.750. The highest BCUT2D eigenvalue weighted by molar-refractivity contribution is 6.51. The van der Waals surface area contributed by atoms with Crippen LogP contribution in [-0.2, 0) is 19.4 Å². The van der Waals surface area contributed by atoms with E-state index >= 15 is 0 Å². The van der Waals surface area contributed by atoms with Crippen molar-refractivity contribution in [2.75, 3.05) is 0 Å². The van der Waals surface area contributed by atoms with Gasteiger partial charge in [-0.15, -0.1) is 0 Å². The Kier molecular flexibility index (Phi) is 4.93. The summed E-state index contributed by atoms with van der Waals surface area (Å²) in [7, 11) is 1.14. The topological polar surface area (TPSA) is 17.8 Å².